The molecule has 0 radical (unpaired) electrons. The average Bonchev–Trinajstić information content (AvgIpc) is 2.79. The maximum absolute atomic E-state index is 4.46. The number of nitrogens with zero attached hydrogens (tertiary/aromatic N) is 2. The van der Waals surface area contributed by atoms with Crippen molar-refractivity contribution in [3.63, 3.8) is 0 Å². The van der Waals surface area contributed by atoms with E-state index in [1.54, 1.807) is 0 Å². The van der Waals surface area contributed by atoms with Crippen molar-refractivity contribution in [1.29, 1.82) is 0 Å². The van der Waals surface area contributed by atoms with E-state index in [4.69, 9.17) is 0 Å². The fraction of sp³-hybridized carbons (Fsp3) is 0.357. The highest BCUT2D eigenvalue weighted by Crippen LogP contribution is 2.19. The lowest BCUT2D eigenvalue weighted by molar-refractivity contribution is 0.606. The molecule has 2 aromatic rings. The lowest BCUT2D eigenvalue weighted by Gasteiger charge is -2.07. The standard InChI is InChI=1S/C14H17IN2/c1-2-3-4-10-17-11-9-16-14(17)12-5-7-13(15)8-6-12/h5-9,11H,2-4,10H2,1H3. The molecule has 0 fully saturated rings. The van der Waals surface area contributed by atoms with Crippen LogP contribution in [0.5, 0.6) is 0 Å². The summed E-state index contributed by atoms with van der Waals surface area (Å²) >= 11 is 2.32. The summed E-state index contributed by atoms with van der Waals surface area (Å²) in [6.07, 6.45) is 7.73. The van der Waals surface area contributed by atoms with Crippen molar-refractivity contribution in [2.24, 2.45) is 0 Å². The molecule has 0 spiro atoms. The third kappa shape index (κ3) is 3.31. The van der Waals surface area contributed by atoms with Gasteiger partial charge in [-0.15, -0.1) is 0 Å². The Morgan fingerprint density at radius 2 is 1.94 bits per heavy atom. The van der Waals surface area contributed by atoms with Crippen molar-refractivity contribution in [1.82, 2.24) is 9.55 Å². The molecule has 0 saturated heterocycles. The molecule has 0 bridgehead atoms. The number of hydrogen-bond acceptors (Lipinski definition) is 1. The second-order valence-corrected chi connectivity index (χ2v) is 5.40. The van der Waals surface area contributed by atoms with Crippen molar-refractivity contribution in [3.05, 3.63) is 40.2 Å². The van der Waals surface area contributed by atoms with Gasteiger partial charge >= 0.3 is 0 Å². The highest BCUT2D eigenvalue weighted by atomic mass is 127. The molecule has 2 nitrogen and oxygen atoms in total. The Morgan fingerprint density at radius 3 is 2.65 bits per heavy atom. The minimum atomic E-state index is 1.06. The molecule has 3 heteroatoms. The number of rotatable bonds is 5. The van der Waals surface area contributed by atoms with E-state index in [1.165, 1.54) is 28.4 Å². The van der Waals surface area contributed by atoms with Crippen molar-refractivity contribution in [2.45, 2.75) is 32.7 Å². The molecular formula is C14H17IN2. The van der Waals surface area contributed by atoms with Gasteiger partial charge in [-0.1, -0.05) is 31.9 Å². The molecule has 0 aliphatic heterocycles. The van der Waals surface area contributed by atoms with Gasteiger partial charge in [-0.25, -0.2) is 4.98 Å². The van der Waals surface area contributed by atoms with Crippen LogP contribution in [0.25, 0.3) is 11.4 Å². The van der Waals surface area contributed by atoms with Crippen molar-refractivity contribution in [2.75, 3.05) is 0 Å². The number of aromatic nitrogens is 2. The zero-order valence-electron chi connectivity index (χ0n) is 10.1. The Hall–Kier alpha value is -0.840. The molecule has 17 heavy (non-hydrogen) atoms. The zero-order chi connectivity index (χ0) is 12.1. The van der Waals surface area contributed by atoms with E-state index in [1.807, 2.05) is 6.20 Å². The SMILES string of the molecule is CCCCCn1ccnc1-c1ccc(I)cc1. The highest BCUT2D eigenvalue weighted by Gasteiger charge is 2.04. The number of benzene rings is 1. The van der Waals surface area contributed by atoms with Gasteiger partial charge < -0.3 is 4.57 Å². The van der Waals surface area contributed by atoms with Crippen LogP contribution < -0.4 is 0 Å². The van der Waals surface area contributed by atoms with E-state index in [-0.39, 0.29) is 0 Å². The van der Waals surface area contributed by atoms with E-state index < -0.39 is 0 Å². The fourth-order valence-electron chi connectivity index (χ4n) is 1.88. The molecule has 2 rings (SSSR count). The summed E-state index contributed by atoms with van der Waals surface area (Å²) in [7, 11) is 0. The topological polar surface area (TPSA) is 17.8 Å². The molecule has 0 unspecified atom stereocenters. The lowest BCUT2D eigenvalue weighted by Crippen LogP contribution is -1.99. The van der Waals surface area contributed by atoms with Crippen molar-refractivity contribution in [3.8, 4) is 11.4 Å². The number of hydrogen-bond donors (Lipinski definition) is 0. The molecule has 1 aromatic heterocycles. The van der Waals surface area contributed by atoms with E-state index in [0.717, 1.165) is 12.4 Å². The second kappa shape index (κ2) is 6.19. The third-order valence-electron chi connectivity index (χ3n) is 2.82. The van der Waals surface area contributed by atoms with Gasteiger partial charge in [-0.2, -0.15) is 0 Å². The summed E-state index contributed by atoms with van der Waals surface area (Å²) in [5.41, 5.74) is 1.20. The maximum Gasteiger partial charge on any atom is 0.139 e. The average molecular weight is 340 g/mol. The van der Waals surface area contributed by atoms with E-state index in [9.17, 15) is 0 Å². The summed E-state index contributed by atoms with van der Waals surface area (Å²) in [5, 5.41) is 0. The Morgan fingerprint density at radius 1 is 1.18 bits per heavy atom. The first kappa shape index (κ1) is 12.6. The van der Waals surface area contributed by atoms with E-state index in [0.29, 0.717) is 0 Å². The number of aryl methyl sites for hydroxylation is 1. The number of halogens is 1. The Bertz CT molecular complexity index is 459. The Labute approximate surface area is 116 Å². The monoisotopic (exact) mass is 340 g/mol. The van der Waals surface area contributed by atoms with E-state index >= 15 is 0 Å². The summed E-state index contributed by atoms with van der Waals surface area (Å²) in [5.74, 6) is 1.08. The fourth-order valence-corrected chi connectivity index (χ4v) is 2.24. The van der Waals surface area contributed by atoms with Crippen LogP contribution in [0.15, 0.2) is 36.7 Å². The van der Waals surface area contributed by atoms with Crippen LogP contribution in [-0.4, -0.2) is 9.55 Å². The van der Waals surface area contributed by atoms with Crippen LogP contribution in [0.1, 0.15) is 26.2 Å². The van der Waals surface area contributed by atoms with E-state index in [2.05, 4.69) is 69.5 Å². The lowest BCUT2D eigenvalue weighted by atomic mass is 10.2. The Balaban J connectivity index is 2.15. The van der Waals surface area contributed by atoms with Gasteiger partial charge in [0.15, 0.2) is 0 Å². The van der Waals surface area contributed by atoms with Gasteiger partial charge in [0.1, 0.15) is 5.82 Å². The van der Waals surface area contributed by atoms with Crippen molar-refractivity contribution >= 4 is 22.6 Å². The summed E-state index contributed by atoms with van der Waals surface area (Å²) in [4.78, 5) is 4.46. The van der Waals surface area contributed by atoms with Crippen LogP contribution >= 0.6 is 22.6 Å². The predicted octanol–water partition coefficient (Wildman–Crippen LogP) is 4.34. The van der Waals surface area contributed by atoms with Gasteiger partial charge in [0.25, 0.3) is 0 Å². The number of imidazole rings is 1. The number of unbranched alkanes of at least 4 members (excludes halogenated alkanes) is 2. The van der Waals surface area contributed by atoms with Gasteiger partial charge in [0.05, 0.1) is 0 Å². The van der Waals surface area contributed by atoms with Crippen LogP contribution in [0.2, 0.25) is 0 Å². The van der Waals surface area contributed by atoms with Gasteiger partial charge in [0.2, 0.25) is 0 Å². The molecule has 0 N–H and O–H groups in total. The minimum Gasteiger partial charge on any atom is -0.331 e. The molecule has 0 aliphatic carbocycles. The molecule has 0 amide bonds. The molecule has 90 valence electrons. The van der Waals surface area contributed by atoms with Gasteiger partial charge in [0, 0.05) is 28.1 Å². The Kier molecular flexibility index (Phi) is 4.59. The molecule has 0 aliphatic rings. The summed E-state index contributed by atoms with van der Waals surface area (Å²) < 4.78 is 3.51. The first-order valence-corrected chi connectivity index (χ1v) is 7.16. The molecular weight excluding hydrogens is 323 g/mol. The third-order valence-corrected chi connectivity index (χ3v) is 3.54. The molecule has 1 aromatic carbocycles. The second-order valence-electron chi connectivity index (χ2n) is 4.16. The van der Waals surface area contributed by atoms with Crippen LogP contribution in [-0.2, 0) is 6.54 Å². The quantitative estimate of drug-likeness (QED) is 0.585. The first-order valence-electron chi connectivity index (χ1n) is 6.08. The predicted molar refractivity (Wildman–Crippen MR) is 79.9 cm³/mol. The highest BCUT2D eigenvalue weighted by molar-refractivity contribution is 14.1. The zero-order valence-corrected chi connectivity index (χ0v) is 12.2. The summed E-state index contributed by atoms with van der Waals surface area (Å²) in [6, 6.07) is 8.53. The summed E-state index contributed by atoms with van der Waals surface area (Å²) in [6.45, 7) is 3.29. The van der Waals surface area contributed by atoms with Gasteiger partial charge in [-0.3, -0.25) is 0 Å². The van der Waals surface area contributed by atoms with Crippen molar-refractivity contribution < 1.29 is 0 Å². The maximum atomic E-state index is 4.46. The smallest absolute Gasteiger partial charge is 0.139 e. The molecule has 0 saturated carbocycles. The first-order chi connectivity index (χ1) is 8.31. The van der Waals surface area contributed by atoms with Crippen LogP contribution in [0.3, 0.4) is 0 Å². The largest absolute Gasteiger partial charge is 0.331 e. The normalized spacial score (nSPS) is 10.7. The van der Waals surface area contributed by atoms with Crippen LogP contribution in [0.4, 0.5) is 0 Å². The molecule has 1 heterocycles. The van der Waals surface area contributed by atoms with Gasteiger partial charge in [-0.05, 0) is 41.1 Å². The minimum absolute atomic E-state index is 1.06. The van der Waals surface area contributed by atoms with Crippen LogP contribution in [0, 0.1) is 3.57 Å². The molecule has 0 atom stereocenters.